The van der Waals surface area contributed by atoms with Gasteiger partial charge in [0.2, 0.25) is 0 Å². The maximum Gasteiger partial charge on any atom is 0.124 e. The summed E-state index contributed by atoms with van der Waals surface area (Å²) in [6.07, 6.45) is 2.30. The number of aryl methyl sites for hydroxylation is 1. The van der Waals surface area contributed by atoms with E-state index in [4.69, 9.17) is 15.2 Å². The van der Waals surface area contributed by atoms with Crippen molar-refractivity contribution < 1.29 is 9.47 Å². The predicted molar refractivity (Wildman–Crippen MR) is 68.3 cm³/mol. The van der Waals surface area contributed by atoms with E-state index in [0.29, 0.717) is 6.61 Å². The first kappa shape index (κ1) is 12.4. The number of benzene rings is 1. The molecule has 1 heterocycles. The van der Waals surface area contributed by atoms with E-state index < -0.39 is 0 Å². The highest BCUT2D eigenvalue weighted by atomic mass is 16.5. The molecule has 1 aliphatic rings. The van der Waals surface area contributed by atoms with Crippen molar-refractivity contribution in [1.29, 1.82) is 0 Å². The Labute approximate surface area is 103 Å². The van der Waals surface area contributed by atoms with Crippen molar-refractivity contribution in [2.45, 2.75) is 38.8 Å². The molecule has 1 unspecified atom stereocenters. The smallest absolute Gasteiger partial charge is 0.124 e. The van der Waals surface area contributed by atoms with Crippen LogP contribution in [0.3, 0.4) is 0 Å². The van der Waals surface area contributed by atoms with Gasteiger partial charge in [-0.3, -0.25) is 0 Å². The van der Waals surface area contributed by atoms with E-state index in [1.54, 1.807) is 0 Å². The second-order valence-corrected chi connectivity index (χ2v) is 4.79. The first-order valence-electron chi connectivity index (χ1n) is 6.27. The molecule has 0 radical (unpaired) electrons. The molecule has 17 heavy (non-hydrogen) atoms. The Bertz CT molecular complexity index is 370. The summed E-state index contributed by atoms with van der Waals surface area (Å²) in [7, 11) is 0. The van der Waals surface area contributed by atoms with E-state index in [1.807, 2.05) is 6.92 Å². The monoisotopic (exact) mass is 235 g/mol. The number of ether oxygens (including phenoxy) is 2. The topological polar surface area (TPSA) is 44.5 Å². The highest BCUT2D eigenvalue weighted by Crippen LogP contribution is 2.27. The van der Waals surface area contributed by atoms with E-state index in [-0.39, 0.29) is 12.1 Å². The van der Waals surface area contributed by atoms with Gasteiger partial charge in [-0.15, -0.1) is 0 Å². The van der Waals surface area contributed by atoms with Crippen LogP contribution in [0.2, 0.25) is 0 Å². The zero-order valence-electron chi connectivity index (χ0n) is 10.6. The fourth-order valence-electron chi connectivity index (χ4n) is 2.10. The van der Waals surface area contributed by atoms with Crippen molar-refractivity contribution in [3.8, 4) is 5.75 Å². The van der Waals surface area contributed by atoms with Crippen LogP contribution in [0.4, 0.5) is 0 Å². The molecule has 0 bridgehead atoms. The molecule has 0 spiro atoms. The third-order valence-electron chi connectivity index (χ3n) is 3.07. The van der Waals surface area contributed by atoms with Gasteiger partial charge in [-0.25, -0.2) is 0 Å². The Morgan fingerprint density at radius 3 is 2.94 bits per heavy atom. The molecule has 2 rings (SSSR count). The van der Waals surface area contributed by atoms with Crippen molar-refractivity contribution in [3.05, 3.63) is 29.3 Å². The number of rotatable bonds is 3. The molecule has 3 nitrogen and oxygen atoms in total. The van der Waals surface area contributed by atoms with Crippen LogP contribution in [0, 0.1) is 6.92 Å². The molecule has 1 aromatic rings. The molecule has 0 aromatic heterocycles. The Kier molecular flexibility index (Phi) is 4.02. The largest absolute Gasteiger partial charge is 0.488 e. The highest BCUT2D eigenvalue weighted by Gasteiger charge is 2.17. The lowest BCUT2D eigenvalue weighted by Crippen LogP contribution is -2.28. The Morgan fingerprint density at radius 1 is 1.47 bits per heavy atom. The quantitative estimate of drug-likeness (QED) is 0.875. The van der Waals surface area contributed by atoms with Crippen LogP contribution in [0.5, 0.6) is 5.75 Å². The summed E-state index contributed by atoms with van der Waals surface area (Å²) in [5.74, 6) is 0.913. The van der Waals surface area contributed by atoms with Gasteiger partial charge in [0.25, 0.3) is 0 Å². The summed E-state index contributed by atoms with van der Waals surface area (Å²) < 4.78 is 11.5. The molecule has 1 aliphatic heterocycles. The van der Waals surface area contributed by atoms with Crippen LogP contribution in [0.1, 0.15) is 36.9 Å². The fourth-order valence-corrected chi connectivity index (χ4v) is 2.10. The van der Waals surface area contributed by atoms with Crippen molar-refractivity contribution in [3.63, 3.8) is 0 Å². The van der Waals surface area contributed by atoms with Crippen molar-refractivity contribution in [1.82, 2.24) is 0 Å². The predicted octanol–water partition coefficient (Wildman–Crippen LogP) is 2.57. The average molecular weight is 235 g/mol. The Hall–Kier alpha value is -1.06. The van der Waals surface area contributed by atoms with Gasteiger partial charge in [0.15, 0.2) is 0 Å². The highest BCUT2D eigenvalue weighted by molar-refractivity contribution is 5.39. The molecular formula is C14H21NO2. The second kappa shape index (κ2) is 5.52. The van der Waals surface area contributed by atoms with Gasteiger partial charge in [0.1, 0.15) is 11.9 Å². The number of hydrogen-bond acceptors (Lipinski definition) is 3. The van der Waals surface area contributed by atoms with E-state index in [1.165, 1.54) is 5.56 Å². The SMILES string of the molecule is Cc1ccc([C@@H](C)N)c(OC2CCCOC2)c1. The first-order chi connectivity index (χ1) is 8.16. The van der Waals surface area contributed by atoms with Gasteiger partial charge in [-0.1, -0.05) is 12.1 Å². The third-order valence-corrected chi connectivity index (χ3v) is 3.07. The van der Waals surface area contributed by atoms with E-state index in [2.05, 4.69) is 25.1 Å². The fraction of sp³-hybridized carbons (Fsp3) is 0.571. The van der Waals surface area contributed by atoms with Crippen LogP contribution in [-0.2, 0) is 4.74 Å². The van der Waals surface area contributed by atoms with Gasteiger partial charge in [0, 0.05) is 18.2 Å². The number of nitrogens with two attached hydrogens (primary N) is 1. The van der Waals surface area contributed by atoms with Gasteiger partial charge in [-0.2, -0.15) is 0 Å². The van der Waals surface area contributed by atoms with Crippen LogP contribution >= 0.6 is 0 Å². The van der Waals surface area contributed by atoms with Gasteiger partial charge in [-0.05, 0) is 38.3 Å². The molecule has 1 aromatic carbocycles. The summed E-state index contributed by atoms with van der Waals surface area (Å²) in [5, 5.41) is 0. The molecule has 2 atom stereocenters. The van der Waals surface area contributed by atoms with Crippen molar-refractivity contribution in [2.75, 3.05) is 13.2 Å². The first-order valence-corrected chi connectivity index (χ1v) is 6.27. The Morgan fingerprint density at radius 2 is 2.29 bits per heavy atom. The summed E-state index contributed by atoms with van der Waals surface area (Å²) in [5.41, 5.74) is 8.22. The maximum atomic E-state index is 6.02. The lowest BCUT2D eigenvalue weighted by Gasteiger charge is -2.25. The maximum absolute atomic E-state index is 6.02. The molecule has 0 saturated carbocycles. The van der Waals surface area contributed by atoms with E-state index >= 15 is 0 Å². The second-order valence-electron chi connectivity index (χ2n) is 4.79. The number of hydrogen-bond donors (Lipinski definition) is 1. The summed E-state index contributed by atoms with van der Waals surface area (Å²) in [6, 6.07) is 6.19. The van der Waals surface area contributed by atoms with Crippen LogP contribution in [-0.4, -0.2) is 19.3 Å². The lowest BCUT2D eigenvalue weighted by atomic mass is 10.1. The minimum absolute atomic E-state index is 0.00453. The molecule has 2 N–H and O–H groups in total. The minimum atomic E-state index is -0.00453. The van der Waals surface area contributed by atoms with Crippen molar-refractivity contribution in [2.24, 2.45) is 5.73 Å². The molecule has 0 aliphatic carbocycles. The molecule has 94 valence electrons. The molecule has 3 heteroatoms. The van der Waals surface area contributed by atoms with Gasteiger partial charge < -0.3 is 15.2 Å². The van der Waals surface area contributed by atoms with Crippen LogP contribution in [0.15, 0.2) is 18.2 Å². The minimum Gasteiger partial charge on any atom is -0.488 e. The lowest BCUT2D eigenvalue weighted by molar-refractivity contribution is 0.00691. The average Bonchev–Trinajstić information content (AvgIpc) is 2.30. The summed E-state index contributed by atoms with van der Waals surface area (Å²) >= 11 is 0. The van der Waals surface area contributed by atoms with Gasteiger partial charge in [0.05, 0.1) is 6.61 Å². The molecule has 1 fully saturated rings. The van der Waals surface area contributed by atoms with E-state index in [0.717, 1.165) is 30.8 Å². The van der Waals surface area contributed by atoms with Crippen LogP contribution in [0.25, 0.3) is 0 Å². The zero-order chi connectivity index (χ0) is 12.3. The van der Waals surface area contributed by atoms with E-state index in [9.17, 15) is 0 Å². The standard InChI is InChI=1S/C14H21NO2/c1-10-5-6-13(11(2)15)14(8-10)17-12-4-3-7-16-9-12/h5-6,8,11-12H,3-4,7,9,15H2,1-2H3/t11-,12?/m1/s1. The molecule has 1 saturated heterocycles. The van der Waals surface area contributed by atoms with Crippen molar-refractivity contribution >= 4 is 0 Å². The molecule has 0 amide bonds. The van der Waals surface area contributed by atoms with Crippen LogP contribution < -0.4 is 10.5 Å². The Balaban J connectivity index is 2.14. The summed E-state index contributed by atoms with van der Waals surface area (Å²) in [4.78, 5) is 0. The normalized spacial score (nSPS) is 22.2. The molecular weight excluding hydrogens is 214 g/mol. The third kappa shape index (κ3) is 3.20. The van der Waals surface area contributed by atoms with Gasteiger partial charge >= 0.3 is 0 Å². The summed E-state index contributed by atoms with van der Waals surface area (Å²) in [6.45, 7) is 5.59. The zero-order valence-corrected chi connectivity index (χ0v) is 10.6.